The summed E-state index contributed by atoms with van der Waals surface area (Å²) in [6, 6.07) is 1.79. The van der Waals surface area contributed by atoms with Gasteiger partial charge in [-0.05, 0) is 24.8 Å². The molecule has 1 N–H and O–H groups in total. The molecule has 1 heterocycles. The number of rotatable bonds is 4. The van der Waals surface area contributed by atoms with Crippen LogP contribution in [0.1, 0.15) is 31.4 Å². The van der Waals surface area contributed by atoms with E-state index in [9.17, 15) is 4.79 Å². The van der Waals surface area contributed by atoms with Crippen LogP contribution in [-0.2, 0) is 17.8 Å². The normalized spacial score (nSPS) is 17.1. The summed E-state index contributed by atoms with van der Waals surface area (Å²) in [6.07, 6.45) is 6.89. The molecule has 1 fully saturated rings. The Balaban J connectivity index is 2.00. The highest BCUT2D eigenvalue weighted by molar-refractivity contribution is 5.69. The summed E-state index contributed by atoms with van der Waals surface area (Å²) in [5.41, 5.74) is 0.814. The van der Waals surface area contributed by atoms with Gasteiger partial charge in [0.05, 0.1) is 6.42 Å². The monoisotopic (exact) mass is 208 g/mol. The molecule has 1 aliphatic rings. The van der Waals surface area contributed by atoms with E-state index in [1.54, 1.807) is 12.3 Å². The first-order valence-electron chi connectivity index (χ1n) is 5.48. The van der Waals surface area contributed by atoms with Crippen molar-refractivity contribution in [2.24, 2.45) is 5.92 Å². The van der Waals surface area contributed by atoms with Crippen molar-refractivity contribution in [3.63, 3.8) is 0 Å². The fourth-order valence-electron chi connectivity index (χ4n) is 2.27. The van der Waals surface area contributed by atoms with Gasteiger partial charge in [-0.2, -0.15) is 5.10 Å². The molecule has 0 spiro atoms. The molecule has 1 aromatic heterocycles. The van der Waals surface area contributed by atoms with Crippen LogP contribution in [0, 0.1) is 5.92 Å². The maximum atomic E-state index is 10.6. The van der Waals surface area contributed by atoms with Gasteiger partial charge in [-0.15, -0.1) is 0 Å². The fourth-order valence-corrected chi connectivity index (χ4v) is 2.27. The number of hydrogen-bond acceptors (Lipinski definition) is 2. The number of aliphatic carboxylic acids is 1. The minimum Gasteiger partial charge on any atom is -0.481 e. The van der Waals surface area contributed by atoms with Crippen molar-refractivity contribution < 1.29 is 9.90 Å². The van der Waals surface area contributed by atoms with Crippen LogP contribution in [0.5, 0.6) is 0 Å². The Hall–Kier alpha value is -1.32. The maximum Gasteiger partial charge on any atom is 0.309 e. The second kappa shape index (κ2) is 4.47. The van der Waals surface area contributed by atoms with Gasteiger partial charge < -0.3 is 5.11 Å². The molecule has 0 atom stereocenters. The Morgan fingerprint density at radius 2 is 2.27 bits per heavy atom. The molecule has 0 unspecified atom stereocenters. The highest BCUT2D eigenvalue weighted by atomic mass is 16.4. The highest BCUT2D eigenvalue weighted by Gasteiger charge is 2.17. The molecular weight excluding hydrogens is 192 g/mol. The molecule has 1 aromatic rings. The predicted octanol–water partition coefficient (Wildman–Crippen LogP) is 1.70. The highest BCUT2D eigenvalue weighted by Crippen LogP contribution is 2.26. The Morgan fingerprint density at radius 3 is 2.93 bits per heavy atom. The van der Waals surface area contributed by atoms with Gasteiger partial charge in [0, 0.05) is 18.4 Å². The van der Waals surface area contributed by atoms with Gasteiger partial charge in [-0.1, -0.05) is 12.8 Å². The number of carboxylic acids is 1. The molecule has 4 nitrogen and oxygen atoms in total. The van der Waals surface area contributed by atoms with Gasteiger partial charge in [0.1, 0.15) is 0 Å². The minimum absolute atomic E-state index is 0.0761. The third-order valence-corrected chi connectivity index (χ3v) is 3.04. The summed E-state index contributed by atoms with van der Waals surface area (Å²) in [6.45, 7) is 0.885. The van der Waals surface area contributed by atoms with Crippen molar-refractivity contribution in [2.45, 2.75) is 38.6 Å². The van der Waals surface area contributed by atoms with E-state index in [4.69, 9.17) is 5.11 Å². The molecule has 82 valence electrons. The lowest BCUT2D eigenvalue weighted by Crippen LogP contribution is -2.14. The first kappa shape index (κ1) is 10.2. The SMILES string of the molecule is O=C(O)Cc1ccnn1CC1CCCC1. The smallest absolute Gasteiger partial charge is 0.309 e. The van der Waals surface area contributed by atoms with Crippen molar-refractivity contribution in [1.29, 1.82) is 0 Å². The van der Waals surface area contributed by atoms with Crippen LogP contribution in [-0.4, -0.2) is 20.9 Å². The molecule has 0 bridgehead atoms. The Morgan fingerprint density at radius 1 is 1.53 bits per heavy atom. The number of nitrogens with zero attached hydrogens (tertiary/aromatic N) is 2. The molecule has 0 aromatic carbocycles. The van der Waals surface area contributed by atoms with E-state index in [1.807, 2.05) is 4.68 Å². The van der Waals surface area contributed by atoms with Gasteiger partial charge in [0.25, 0.3) is 0 Å². The lowest BCUT2D eigenvalue weighted by molar-refractivity contribution is -0.136. The summed E-state index contributed by atoms with van der Waals surface area (Å²) in [5, 5.41) is 12.9. The quantitative estimate of drug-likeness (QED) is 0.819. The van der Waals surface area contributed by atoms with Crippen LogP contribution < -0.4 is 0 Å². The average molecular weight is 208 g/mol. The van der Waals surface area contributed by atoms with Gasteiger partial charge >= 0.3 is 5.97 Å². The summed E-state index contributed by atoms with van der Waals surface area (Å²) < 4.78 is 1.85. The predicted molar refractivity (Wildman–Crippen MR) is 55.5 cm³/mol. The molecule has 0 aliphatic heterocycles. The van der Waals surface area contributed by atoms with E-state index in [1.165, 1.54) is 25.7 Å². The van der Waals surface area contributed by atoms with Crippen LogP contribution in [0.15, 0.2) is 12.3 Å². The fraction of sp³-hybridized carbons (Fsp3) is 0.636. The van der Waals surface area contributed by atoms with E-state index in [0.29, 0.717) is 5.92 Å². The third-order valence-electron chi connectivity index (χ3n) is 3.04. The topological polar surface area (TPSA) is 55.1 Å². The second-order valence-corrected chi connectivity index (χ2v) is 4.23. The van der Waals surface area contributed by atoms with Gasteiger partial charge in [0.15, 0.2) is 0 Å². The number of carboxylic acid groups (broad SMARTS) is 1. The summed E-state index contributed by atoms with van der Waals surface area (Å²) in [5.74, 6) is -0.0967. The first-order valence-corrected chi connectivity index (χ1v) is 5.48. The zero-order valence-electron chi connectivity index (χ0n) is 8.72. The lowest BCUT2D eigenvalue weighted by Gasteiger charge is -2.11. The van der Waals surface area contributed by atoms with E-state index in [0.717, 1.165) is 12.2 Å². The van der Waals surface area contributed by atoms with Gasteiger partial charge in [-0.3, -0.25) is 9.48 Å². The number of carbonyl (C=O) groups is 1. The summed E-state index contributed by atoms with van der Waals surface area (Å²) in [4.78, 5) is 10.6. The molecule has 1 saturated carbocycles. The Bertz CT molecular complexity index is 340. The summed E-state index contributed by atoms with van der Waals surface area (Å²) >= 11 is 0. The zero-order valence-corrected chi connectivity index (χ0v) is 8.72. The zero-order chi connectivity index (χ0) is 10.7. The van der Waals surface area contributed by atoms with Crippen molar-refractivity contribution in [3.05, 3.63) is 18.0 Å². The maximum absolute atomic E-state index is 10.6. The van der Waals surface area contributed by atoms with Crippen LogP contribution in [0.25, 0.3) is 0 Å². The molecule has 0 saturated heterocycles. The van der Waals surface area contributed by atoms with Gasteiger partial charge in [0.2, 0.25) is 0 Å². The largest absolute Gasteiger partial charge is 0.481 e. The van der Waals surface area contributed by atoms with Crippen molar-refractivity contribution >= 4 is 5.97 Å². The van der Waals surface area contributed by atoms with E-state index >= 15 is 0 Å². The average Bonchev–Trinajstić information content (AvgIpc) is 2.78. The van der Waals surface area contributed by atoms with Crippen molar-refractivity contribution in [1.82, 2.24) is 9.78 Å². The molecule has 0 amide bonds. The van der Waals surface area contributed by atoms with Crippen molar-refractivity contribution in [2.75, 3.05) is 0 Å². The van der Waals surface area contributed by atoms with Crippen LogP contribution in [0.2, 0.25) is 0 Å². The van der Waals surface area contributed by atoms with E-state index in [-0.39, 0.29) is 6.42 Å². The second-order valence-electron chi connectivity index (χ2n) is 4.23. The first-order chi connectivity index (χ1) is 7.25. The third kappa shape index (κ3) is 2.58. The molecule has 4 heteroatoms. The number of hydrogen-bond donors (Lipinski definition) is 1. The minimum atomic E-state index is -0.789. The Kier molecular flexibility index (Phi) is 3.04. The van der Waals surface area contributed by atoms with Crippen LogP contribution in [0.4, 0.5) is 0 Å². The van der Waals surface area contributed by atoms with E-state index in [2.05, 4.69) is 5.10 Å². The molecular formula is C11H16N2O2. The lowest BCUT2D eigenvalue weighted by atomic mass is 10.1. The number of aromatic nitrogens is 2. The van der Waals surface area contributed by atoms with E-state index < -0.39 is 5.97 Å². The molecule has 15 heavy (non-hydrogen) atoms. The molecule has 0 radical (unpaired) electrons. The van der Waals surface area contributed by atoms with Crippen LogP contribution in [0.3, 0.4) is 0 Å². The molecule has 1 aliphatic carbocycles. The van der Waals surface area contributed by atoms with Crippen molar-refractivity contribution in [3.8, 4) is 0 Å². The molecule has 2 rings (SSSR count). The van der Waals surface area contributed by atoms with Crippen LogP contribution >= 0.6 is 0 Å². The summed E-state index contributed by atoms with van der Waals surface area (Å²) in [7, 11) is 0. The van der Waals surface area contributed by atoms with Gasteiger partial charge in [-0.25, -0.2) is 0 Å². The standard InChI is InChI=1S/C11H16N2O2/c14-11(15)7-10-5-6-12-13(10)8-9-3-1-2-4-9/h5-6,9H,1-4,7-8H2,(H,14,15). The Labute approximate surface area is 88.9 Å².